The summed E-state index contributed by atoms with van der Waals surface area (Å²) in [6.45, 7) is 4.48. The van der Waals surface area contributed by atoms with Crippen molar-refractivity contribution in [2.45, 2.75) is 39.2 Å². The lowest BCUT2D eigenvalue weighted by molar-refractivity contribution is 0.0602. The molecule has 1 N–H and O–H groups in total. The van der Waals surface area contributed by atoms with E-state index in [0.29, 0.717) is 17.9 Å². The fourth-order valence-corrected chi connectivity index (χ4v) is 3.52. The summed E-state index contributed by atoms with van der Waals surface area (Å²) in [6, 6.07) is 1.76. The van der Waals surface area contributed by atoms with Crippen LogP contribution in [-0.2, 0) is 7.05 Å². The third-order valence-electron chi connectivity index (χ3n) is 4.74. The summed E-state index contributed by atoms with van der Waals surface area (Å²) in [5.41, 5.74) is 2.18. The number of piperidine rings is 1. The topological polar surface area (TPSA) is 92.6 Å². The maximum atomic E-state index is 13.4. The Labute approximate surface area is 145 Å². The Balaban J connectivity index is 1.76. The number of fused-ring (bicyclic) bond motifs is 1. The van der Waals surface area contributed by atoms with Crippen molar-refractivity contribution in [3.05, 3.63) is 35.2 Å². The number of carbonyl (C=O) groups is 1. The van der Waals surface area contributed by atoms with Crippen molar-refractivity contribution in [2.75, 3.05) is 6.54 Å². The van der Waals surface area contributed by atoms with Crippen LogP contribution < -0.4 is 0 Å². The number of likely N-dealkylation sites (tertiary alicyclic amines) is 1. The van der Waals surface area contributed by atoms with E-state index in [1.807, 2.05) is 31.9 Å². The third kappa shape index (κ3) is 2.67. The molecule has 1 aliphatic rings. The molecule has 0 aromatic carbocycles. The van der Waals surface area contributed by atoms with E-state index in [2.05, 4.69) is 25.3 Å². The number of amides is 1. The van der Waals surface area contributed by atoms with E-state index in [4.69, 9.17) is 0 Å². The minimum Gasteiger partial charge on any atom is -0.328 e. The predicted octanol–water partition coefficient (Wildman–Crippen LogP) is 2.07. The molecule has 0 spiro atoms. The van der Waals surface area contributed by atoms with Crippen LogP contribution in [-0.4, -0.2) is 47.3 Å². The van der Waals surface area contributed by atoms with Gasteiger partial charge in [-0.15, -0.1) is 0 Å². The fourth-order valence-electron chi connectivity index (χ4n) is 3.52. The van der Waals surface area contributed by atoms with Crippen molar-refractivity contribution >= 4 is 16.9 Å². The molecule has 3 aromatic heterocycles. The number of nitrogens with zero attached hydrogens (tertiary/aromatic N) is 6. The van der Waals surface area contributed by atoms with Crippen molar-refractivity contribution in [1.82, 2.24) is 34.8 Å². The summed E-state index contributed by atoms with van der Waals surface area (Å²) in [6.07, 6.45) is 4.65. The summed E-state index contributed by atoms with van der Waals surface area (Å²) >= 11 is 0. The minimum atomic E-state index is -0.0913. The summed E-state index contributed by atoms with van der Waals surface area (Å²) in [5.74, 6) is 1.46. The SMILES string of the molecule is Cc1cc(C(=O)N2CCCC[C@H]2c2n[nH]c(C)n2)c2cnn(C)c2n1. The van der Waals surface area contributed by atoms with Crippen LogP contribution in [0.15, 0.2) is 12.3 Å². The molecule has 4 heterocycles. The summed E-state index contributed by atoms with van der Waals surface area (Å²) in [4.78, 5) is 24.2. The Morgan fingerprint density at radius 2 is 2.12 bits per heavy atom. The molecular formula is C17H21N7O. The van der Waals surface area contributed by atoms with Gasteiger partial charge in [-0.1, -0.05) is 0 Å². The molecule has 8 nitrogen and oxygen atoms in total. The molecule has 3 aromatic rings. The first kappa shape index (κ1) is 15.7. The van der Waals surface area contributed by atoms with Crippen LogP contribution in [0.4, 0.5) is 0 Å². The zero-order valence-electron chi connectivity index (χ0n) is 14.7. The number of hydrogen-bond donors (Lipinski definition) is 1. The molecular weight excluding hydrogens is 318 g/mol. The van der Waals surface area contributed by atoms with E-state index >= 15 is 0 Å². The molecule has 0 bridgehead atoms. The van der Waals surface area contributed by atoms with E-state index in [1.165, 1.54) is 0 Å². The van der Waals surface area contributed by atoms with E-state index in [-0.39, 0.29) is 11.9 Å². The number of rotatable bonds is 2. The van der Waals surface area contributed by atoms with Gasteiger partial charge in [-0.2, -0.15) is 10.2 Å². The zero-order chi connectivity index (χ0) is 17.6. The Morgan fingerprint density at radius 3 is 2.88 bits per heavy atom. The zero-order valence-corrected chi connectivity index (χ0v) is 14.7. The lowest BCUT2D eigenvalue weighted by Crippen LogP contribution is -2.39. The molecule has 0 aliphatic carbocycles. The lowest BCUT2D eigenvalue weighted by Gasteiger charge is -2.34. The van der Waals surface area contributed by atoms with Gasteiger partial charge in [-0.3, -0.25) is 14.6 Å². The number of nitrogens with one attached hydrogen (secondary N) is 1. The number of aromatic nitrogens is 6. The number of aryl methyl sites for hydroxylation is 3. The van der Waals surface area contributed by atoms with Crippen molar-refractivity contribution in [3.63, 3.8) is 0 Å². The number of aromatic amines is 1. The first-order chi connectivity index (χ1) is 12.0. The van der Waals surface area contributed by atoms with Crippen LogP contribution >= 0.6 is 0 Å². The maximum Gasteiger partial charge on any atom is 0.255 e. The van der Waals surface area contributed by atoms with E-state index in [1.54, 1.807) is 10.9 Å². The molecule has 1 aliphatic heterocycles. The lowest BCUT2D eigenvalue weighted by atomic mass is 9.99. The van der Waals surface area contributed by atoms with Gasteiger partial charge in [-0.05, 0) is 39.2 Å². The van der Waals surface area contributed by atoms with Crippen molar-refractivity contribution in [2.24, 2.45) is 7.05 Å². The first-order valence-corrected chi connectivity index (χ1v) is 8.54. The summed E-state index contributed by atoms with van der Waals surface area (Å²) in [5, 5.41) is 12.2. The number of carbonyl (C=O) groups excluding carboxylic acids is 1. The van der Waals surface area contributed by atoms with Gasteiger partial charge < -0.3 is 4.90 Å². The van der Waals surface area contributed by atoms with Crippen LogP contribution in [0.1, 0.15) is 53.0 Å². The van der Waals surface area contributed by atoms with Gasteiger partial charge in [0.25, 0.3) is 5.91 Å². The van der Waals surface area contributed by atoms with Gasteiger partial charge in [0.1, 0.15) is 5.82 Å². The molecule has 25 heavy (non-hydrogen) atoms. The highest BCUT2D eigenvalue weighted by Crippen LogP contribution is 2.31. The standard InChI is InChI=1S/C17H21N7O/c1-10-8-12(13-9-18-23(3)16(13)19-10)17(25)24-7-5-4-6-14(24)15-20-11(2)21-22-15/h8-9,14H,4-7H2,1-3H3,(H,20,21,22)/t14-/m0/s1. The third-order valence-corrected chi connectivity index (χ3v) is 4.74. The highest BCUT2D eigenvalue weighted by Gasteiger charge is 2.32. The highest BCUT2D eigenvalue weighted by atomic mass is 16.2. The van der Waals surface area contributed by atoms with Gasteiger partial charge in [0.05, 0.1) is 23.2 Å². The molecule has 0 unspecified atom stereocenters. The van der Waals surface area contributed by atoms with Crippen molar-refractivity contribution in [3.8, 4) is 0 Å². The number of pyridine rings is 1. The largest absolute Gasteiger partial charge is 0.328 e. The monoisotopic (exact) mass is 339 g/mol. The molecule has 0 radical (unpaired) electrons. The maximum absolute atomic E-state index is 13.4. The van der Waals surface area contributed by atoms with Crippen molar-refractivity contribution < 1.29 is 4.79 Å². The second-order valence-electron chi connectivity index (χ2n) is 6.61. The number of hydrogen-bond acceptors (Lipinski definition) is 5. The van der Waals surface area contributed by atoms with E-state index < -0.39 is 0 Å². The second-order valence-corrected chi connectivity index (χ2v) is 6.61. The highest BCUT2D eigenvalue weighted by molar-refractivity contribution is 6.05. The van der Waals surface area contributed by atoms with Gasteiger partial charge in [0, 0.05) is 19.3 Å². The molecule has 0 saturated carbocycles. The van der Waals surface area contributed by atoms with Gasteiger partial charge in [0.15, 0.2) is 11.5 Å². The number of H-pyrrole nitrogens is 1. The average Bonchev–Trinajstić information content (AvgIpc) is 3.20. The van der Waals surface area contributed by atoms with Gasteiger partial charge in [-0.25, -0.2) is 9.97 Å². The smallest absolute Gasteiger partial charge is 0.255 e. The molecule has 1 atom stereocenters. The normalized spacial score (nSPS) is 18.0. The van der Waals surface area contributed by atoms with E-state index in [0.717, 1.165) is 41.8 Å². The molecule has 130 valence electrons. The Kier molecular flexibility index (Phi) is 3.74. The van der Waals surface area contributed by atoms with Crippen LogP contribution in [0.25, 0.3) is 11.0 Å². The van der Waals surface area contributed by atoms with E-state index in [9.17, 15) is 4.79 Å². The average molecular weight is 339 g/mol. The van der Waals surface area contributed by atoms with Gasteiger partial charge >= 0.3 is 0 Å². The first-order valence-electron chi connectivity index (χ1n) is 8.54. The van der Waals surface area contributed by atoms with Crippen LogP contribution in [0.2, 0.25) is 0 Å². The molecule has 1 fully saturated rings. The Morgan fingerprint density at radius 1 is 1.28 bits per heavy atom. The van der Waals surface area contributed by atoms with Crippen LogP contribution in [0.3, 0.4) is 0 Å². The molecule has 8 heteroatoms. The van der Waals surface area contributed by atoms with Crippen LogP contribution in [0, 0.1) is 13.8 Å². The fraction of sp³-hybridized carbons (Fsp3) is 0.471. The van der Waals surface area contributed by atoms with Crippen LogP contribution in [0.5, 0.6) is 0 Å². The summed E-state index contributed by atoms with van der Waals surface area (Å²) < 4.78 is 1.70. The van der Waals surface area contributed by atoms with Gasteiger partial charge in [0.2, 0.25) is 0 Å². The predicted molar refractivity (Wildman–Crippen MR) is 92.0 cm³/mol. The Hall–Kier alpha value is -2.77. The molecule has 1 amide bonds. The summed E-state index contributed by atoms with van der Waals surface area (Å²) in [7, 11) is 1.84. The van der Waals surface area contributed by atoms with Crippen molar-refractivity contribution in [1.29, 1.82) is 0 Å². The molecule has 1 saturated heterocycles. The second kappa shape index (κ2) is 5.94. The minimum absolute atomic E-state index is 0.00402. The Bertz CT molecular complexity index is 942. The quantitative estimate of drug-likeness (QED) is 0.771. The molecule has 4 rings (SSSR count).